The van der Waals surface area contributed by atoms with E-state index in [0.29, 0.717) is 33.5 Å². The highest BCUT2D eigenvalue weighted by Crippen LogP contribution is 2.31. The number of benzene rings is 3. The Morgan fingerprint density at radius 2 is 1.69 bits per heavy atom. The van der Waals surface area contributed by atoms with Gasteiger partial charge in [0.15, 0.2) is 5.75 Å². The number of anilines is 2. The van der Waals surface area contributed by atoms with Crippen molar-refractivity contribution in [1.29, 1.82) is 0 Å². The Balaban J connectivity index is 1.62. The van der Waals surface area contributed by atoms with Gasteiger partial charge in [-0.3, -0.25) is 9.59 Å². The van der Waals surface area contributed by atoms with Crippen LogP contribution in [0.1, 0.15) is 10.4 Å². The second-order valence-electron chi connectivity index (χ2n) is 6.11. The van der Waals surface area contributed by atoms with Crippen LogP contribution in [-0.2, 0) is 4.79 Å². The molecule has 0 aromatic heterocycles. The predicted molar refractivity (Wildman–Crippen MR) is 115 cm³/mol. The predicted octanol–water partition coefficient (Wildman–Crippen LogP) is 4.54. The van der Waals surface area contributed by atoms with Crippen molar-refractivity contribution in [3.63, 3.8) is 0 Å². The van der Waals surface area contributed by atoms with Crippen molar-refractivity contribution in [3.8, 4) is 11.5 Å². The van der Waals surface area contributed by atoms with Gasteiger partial charge >= 0.3 is 0 Å². The smallest absolute Gasteiger partial charge is 0.251 e. The lowest BCUT2D eigenvalue weighted by atomic mass is 10.2. The maximum Gasteiger partial charge on any atom is 0.251 e. The van der Waals surface area contributed by atoms with Gasteiger partial charge in [0.05, 0.1) is 12.2 Å². The van der Waals surface area contributed by atoms with Crippen molar-refractivity contribution in [3.05, 3.63) is 83.4 Å². The van der Waals surface area contributed by atoms with E-state index in [1.54, 1.807) is 49.5 Å². The summed E-state index contributed by atoms with van der Waals surface area (Å²) >= 11 is 6.09. The molecule has 0 fully saturated rings. The van der Waals surface area contributed by atoms with E-state index in [2.05, 4.69) is 16.0 Å². The Bertz CT molecular complexity index is 992. The highest BCUT2D eigenvalue weighted by Gasteiger charge is 2.09. The molecule has 3 aromatic carbocycles. The summed E-state index contributed by atoms with van der Waals surface area (Å²) in [6.45, 7) is 0.0166. The van der Waals surface area contributed by atoms with Crippen LogP contribution in [0.4, 0.5) is 11.4 Å². The topological polar surface area (TPSA) is 79.5 Å². The van der Waals surface area contributed by atoms with Crippen molar-refractivity contribution in [2.45, 2.75) is 0 Å². The molecular weight excluding hydrogens is 390 g/mol. The average molecular weight is 410 g/mol. The summed E-state index contributed by atoms with van der Waals surface area (Å²) in [5, 5.41) is 8.89. The number of carbonyl (C=O) groups excluding carboxylic acids is 2. The molecule has 29 heavy (non-hydrogen) atoms. The molecule has 0 saturated carbocycles. The fourth-order valence-corrected chi connectivity index (χ4v) is 2.75. The van der Waals surface area contributed by atoms with E-state index in [-0.39, 0.29) is 18.4 Å². The first-order chi connectivity index (χ1) is 14.0. The lowest BCUT2D eigenvalue weighted by molar-refractivity contribution is -0.114. The van der Waals surface area contributed by atoms with E-state index in [4.69, 9.17) is 16.3 Å². The molecule has 0 aliphatic heterocycles. The van der Waals surface area contributed by atoms with Crippen LogP contribution in [0.2, 0.25) is 5.02 Å². The third kappa shape index (κ3) is 5.73. The second-order valence-corrected chi connectivity index (χ2v) is 6.55. The molecule has 0 atom stereocenters. The number of rotatable bonds is 7. The number of hydrogen-bond acceptors (Lipinski definition) is 4. The minimum absolute atomic E-state index is 0.0166. The Morgan fingerprint density at radius 3 is 2.38 bits per heavy atom. The quantitative estimate of drug-likeness (QED) is 0.535. The van der Waals surface area contributed by atoms with Crippen LogP contribution >= 0.6 is 11.6 Å². The van der Waals surface area contributed by atoms with Gasteiger partial charge in [0.2, 0.25) is 5.91 Å². The van der Waals surface area contributed by atoms with Gasteiger partial charge in [-0.2, -0.15) is 0 Å². The number of amides is 2. The Labute approximate surface area is 173 Å². The molecule has 0 saturated heterocycles. The van der Waals surface area contributed by atoms with Crippen molar-refractivity contribution < 1.29 is 14.3 Å². The number of nitrogens with one attached hydrogen (secondary N) is 3. The molecule has 0 aliphatic rings. The summed E-state index contributed by atoms with van der Waals surface area (Å²) in [7, 11) is 1.56. The molecule has 0 bridgehead atoms. The molecule has 7 heteroatoms. The minimum atomic E-state index is -0.247. The summed E-state index contributed by atoms with van der Waals surface area (Å²) in [5.41, 5.74) is 1.72. The first-order valence-corrected chi connectivity index (χ1v) is 9.31. The third-order valence-corrected chi connectivity index (χ3v) is 4.25. The van der Waals surface area contributed by atoms with Crippen LogP contribution in [0.5, 0.6) is 11.5 Å². The summed E-state index contributed by atoms with van der Waals surface area (Å²) in [6.07, 6.45) is 0. The summed E-state index contributed by atoms with van der Waals surface area (Å²) in [4.78, 5) is 23.9. The lowest BCUT2D eigenvalue weighted by Crippen LogP contribution is -2.22. The number of halogens is 1. The number of para-hydroxylation sites is 1. The van der Waals surface area contributed by atoms with Gasteiger partial charge in [-0.25, -0.2) is 0 Å². The summed E-state index contributed by atoms with van der Waals surface area (Å²) in [5.74, 6) is 0.807. The van der Waals surface area contributed by atoms with Gasteiger partial charge in [-0.1, -0.05) is 29.8 Å². The zero-order valence-corrected chi connectivity index (χ0v) is 16.5. The first kappa shape index (κ1) is 20.2. The van der Waals surface area contributed by atoms with Crippen molar-refractivity contribution >= 4 is 34.8 Å². The van der Waals surface area contributed by atoms with Crippen LogP contribution in [0.3, 0.4) is 0 Å². The molecule has 0 spiro atoms. The Hall–Kier alpha value is -3.51. The van der Waals surface area contributed by atoms with Gasteiger partial charge in [-0.05, 0) is 54.6 Å². The van der Waals surface area contributed by atoms with E-state index in [1.807, 2.05) is 30.3 Å². The standard InChI is InChI=1S/C22H20ClN3O3/c1-24-22(28)15-7-10-17(11-8-15)26-21(27)14-25-19-13-16(23)9-12-20(19)29-18-5-3-2-4-6-18/h2-13,25H,14H2,1H3,(H,24,28)(H,26,27). The van der Waals surface area contributed by atoms with Gasteiger partial charge in [0.25, 0.3) is 5.91 Å². The number of carbonyl (C=O) groups is 2. The van der Waals surface area contributed by atoms with Crippen molar-refractivity contribution in [1.82, 2.24) is 5.32 Å². The van der Waals surface area contributed by atoms with Gasteiger partial charge < -0.3 is 20.7 Å². The normalized spacial score (nSPS) is 10.1. The maximum absolute atomic E-state index is 12.3. The minimum Gasteiger partial charge on any atom is -0.455 e. The molecule has 6 nitrogen and oxygen atoms in total. The molecule has 0 heterocycles. The fraction of sp³-hybridized carbons (Fsp3) is 0.0909. The lowest BCUT2D eigenvalue weighted by Gasteiger charge is -2.14. The van der Waals surface area contributed by atoms with Crippen LogP contribution in [-0.4, -0.2) is 25.4 Å². The molecule has 148 valence electrons. The fourth-order valence-electron chi connectivity index (χ4n) is 2.57. The Kier molecular flexibility index (Phi) is 6.71. The summed E-state index contributed by atoms with van der Waals surface area (Å²) < 4.78 is 5.87. The van der Waals surface area contributed by atoms with Crippen LogP contribution < -0.4 is 20.7 Å². The molecule has 2 amide bonds. The highest BCUT2D eigenvalue weighted by atomic mass is 35.5. The molecule has 3 N–H and O–H groups in total. The molecule has 0 aliphatic carbocycles. The third-order valence-electron chi connectivity index (χ3n) is 4.01. The van der Waals surface area contributed by atoms with Crippen LogP contribution in [0.15, 0.2) is 72.8 Å². The van der Waals surface area contributed by atoms with E-state index >= 15 is 0 Å². The zero-order valence-electron chi connectivity index (χ0n) is 15.7. The largest absolute Gasteiger partial charge is 0.455 e. The second kappa shape index (κ2) is 9.61. The molecular formula is C22H20ClN3O3. The van der Waals surface area contributed by atoms with E-state index in [1.165, 1.54) is 0 Å². The average Bonchev–Trinajstić information content (AvgIpc) is 2.74. The summed E-state index contributed by atoms with van der Waals surface area (Å²) in [6, 6.07) is 21.1. The molecule has 0 unspecified atom stereocenters. The SMILES string of the molecule is CNC(=O)c1ccc(NC(=O)CNc2cc(Cl)ccc2Oc2ccccc2)cc1. The first-order valence-electron chi connectivity index (χ1n) is 8.93. The van der Waals surface area contributed by atoms with Crippen molar-refractivity contribution in [2.75, 3.05) is 24.2 Å². The zero-order chi connectivity index (χ0) is 20.6. The van der Waals surface area contributed by atoms with Gasteiger partial charge in [0.1, 0.15) is 5.75 Å². The maximum atomic E-state index is 12.3. The monoisotopic (exact) mass is 409 g/mol. The van der Waals surface area contributed by atoms with Gasteiger partial charge in [0, 0.05) is 23.3 Å². The van der Waals surface area contributed by atoms with Gasteiger partial charge in [-0.15, -0.1) is 0 Å². The van der Waals surface area contributed by atoms with Crippen LogP contribution in [0, 0.1) is 0 Å². The molecule has 3 aromatic rings. The van der Waals surface area contributed by atoms with E-state index in [9.17, 15) is 9.59 Å². The van der Waals surface area contributed by atoms with E-state index < -0.39 is 0 Å². The van der Waals surface area contributed by atoms with Crippen LogP contribution in [0.25, 0.3) is 0 Å². The Morgan fingerprint density at radius 1 is 0.966 bits per heavy atom. The number of ether oxygens (including phenoxy) is 1. The van der Waals surface area contributed by atoms with E-state index in [0.717, 1.165) is 0 Å². The number of hydrogen-bond donors (Lipinski definition) is 3. The molecule has 3 rings (SSSR count). The highest BCUT2D eigenvalue weighted by molar-refractivity contribution is 6.31. The molecule has 0 radical (unpaired) electrons. The van der Waals surface area contributed by atoms with Crippen molar-refractivity contribution in [2.24, 2.45) is 0 Å².